The number of carbonyl (C=O) groups is 2. The van der Waals surface area contributed by atoms with Crippen LogP contribution in [0.5, 0.6) is 5.88 Å². The topological polar surface area (TPSA) is 88.5 Å². The Kier molecular flexibility index (Phi) is 3.99. The lowest BCUT2D eigenvalue weighted by Gasteiger charge is -2.25. The summed E-state index contributed by atoms with van der Waals surface area (Å²) in [6.07, 6.45) is 4.83. The van der Waals surface area contributed by atoms with Crippen LogP contribution in [-0.2, 0) is 4.79 Å². The van der Waals surface area contributed by atoms with E-state index in [-0.39, 0.29) is 6.10 Å². The molecule has 2 rings (SSSR count). The number of ether oxygens (including phenoxy) is 1. The van der Waals surface area contributed by atoms with E-state index in [1.807, 2.05) is 0 Å². The second-order valence-corrected chi connectivity index (χ2v) is 4.59. The lowest BCUT2D eigenvalue weighted by Crippen LogP contribution is -2.38. The highest BCUT2D eigenvalue weighted by Crippen LogP contribution is 2.24. The minimum absolute atomic E-state index is 0.184. The van der Waals surface area contributed by atoms with Crippen LogP contribution in [0.25, 0.3) is 0 Å². The Morgan fingerprint density at radius 3 is 2.84 bits per heavy atom. The smallest absolute Gasteiger partial charge is 0.325 e. The molecular formula is C13H16N2O4. The molecule has 2 N–H and O–H groups in total. The number of aliphatic carboxylic acids is 1. The number of carbonyl (C=O) groups excluding carboxylic acids is 1. The molecule has 0 spiro atoms. The first-order valence-electron chi connectivity index (χ1n) is 6.22. The number of amides is 1. The molecule has 1 atom stereocenters. The van der Waals surface area contributed by atoms with Gasteiger partial charge >= 0.3 is 5.97 Å². The molecule has 0 radical (unpaired) electrons. The summed E-state index contributed by atoms with van der Waals surface area (Å²) >= 11 is 0. The molecular weight excluding hydrogens is 248 g/mol. The summed E-state index contributed by atoms with van der Waals surface area (Å²) in [4.78, 5) is 26.5. The van der Waals surface area contributed by atoms with Gasteiger partial charge in [0.15, 0.2) is 0 Å². The lowest BCUT2D eigenvalue weighted by atomic mass is 9.96. The van der Waals surface area contributed by atoms with E-state index < -0.39 is 17.9 Å². The first kappa shape index (κ1) is 13.3. The average Bonchev–Trinajstić information content (AvgIpc) is 2.34. The van der Waals surface area contributed by atoms with Gasteiger partial charge in [0, 0.05) is 17.8 Å². The van der Waals surface area contributed by atoms with Crippen LogP contribution in [-0.4, -0.2) is 34.1 Å². The van der Waals surface area contributed by atoms with Crippen molar-refractivity contribution in [3.63, 3.8) is 0 Å². The summed E-state index contributed by atoms with van der Waals surface area (Å²) in [6, 6.07) is 2.12. The fourth-order valence-electron chi connectivity index (χ4n) is 1.62. The standard InChI is InChI=1S/C13H16N2O4/c1-8(13(17)18)15-12(16)9-5-6-14-11(7-9)19-10-3-2-4-10/h5-8,10H,2-4H2,1H3,(H,15,16)(H,17,18)/t8-/m0/s1. The van der Waals surface area contributed by atoms with Crippen molar-refractivity contribution >= 4 is 11.9 Å². The molecule has 1 aromatic heterocycles. The largest absolute Gasteiger partial charge is 0.480 e. The fraction of sp³-hybridized carbons (Fsp3) is 0.462. The number of carboxylic acid groups (broad SMARTS) is 1. The minimum Gasteiger partial charge on any atom is -0.480 e. The van der Waals surface area contributed by atoms with E-state index in [4.69, 9.17) is 9.84 Å². The van der Waals surface area contributed by atoms with Crippen LogP contribution >= 0.6 is 0 Å². The SMILES string of the molecule is C[C@H](NC(=O)c1ccnc(OC2CCC2)c1)C(=O)O. The van der Waals surface area contributed by atoms with Gasteiger partial charge in [-0.15, -0.1) is 0 Å². The van der Waals surface area contributed by atoms with E-state index in [0.717, 1.165) is 19.3 Å². The third-order valence-electron chi connectivity index (χ3n) is 3.05. The maximum absolute atomic E-state index is 11.8. The van der Waals surface area contributed by atoms with Crippen molar-refractivity contribution in [2.75, 3.05) is 0 Å². The number of nitrogens with zero attached hydrogens (tertiary/aromatic N) is 1. The van der Waals surface area contributed by atoms with E-state index in [0.29, 0.717) is 11.4 Å². The van der Waals surface area contributed by atoms with Gasteiger partial charge in [-0.1, -0.05) is 0 Å². The first-order chi connectivity index (χ1) is 9.06. The minimum atomic E-state index is -1.08. The number of rotatable bonds is 5. The van der Waals surface area contributed by atoms with E-state index in [2.05, 4.69) is 10.3 Å². The van der Waals surface area contributed by atoms with E-state index in [1.165, 1.54) is 25.3 Å². The molecule has 0 saturated heterocycles. The first-order valence-corrected chi connectivity index (χ1v) is 6.22. The maximum atomic E-state index is 11.8. The second-order valence-electron chi connectivity index (χ2n) is 4.59. The number of carboxylic acids is 1. The Bertz CT molecular complexity index is 485. The van der Waals surface area contributed by atoms with E-state index in [9.17, 15) is 9.59 Å². The van der Waals surface area contributed by atoms with Crippen molar-refractivity contribution in [2.24, 2.45) is 0 Å². The maximum Gasteiger partial charge on any atom is 0.325 e. The van der Waals surface area contributed by atoms with Gasteiger partial charge < -0.3 is 15.2 Å². The molecule has 1 amide bonds. The van der Waals surface area contributed by atoms with Gasteiger partial charge in [0.2, 0.25) is 5.88 Å². The van der Waals surface area contributed by atoms with Crippen molar-refractivity contribution < 1.29 is 19.4 Å². The van der Waals surface area contributed by atoms with Crippen LogP contribution in [0.2, 0.25) is 0 Å². The third kappa shape index (κ3) is 3.43. The monoisotopic (exact) mass is 264 g/mol. The highest BCUT2D eigenvalue weighted by Gasteiger charge is 2.20. The Balaban J connectivity index is 2.00. The van der Waals surface area contributed by atoms with Crippen molar-refractivity contribution in [1.29, 1.82) is 0 Å². The van der Waals surface area contributed by atoms with Gasteiger partial charge in [-0.25, -0.2) is 4.98 Å². The zero-order valence-electron chi connectivity index (χ0n) is 10.6. The molecule has 1 saturated carbocycles. The number of pyridine rings is 1. The summed E-state index contributed by atoms with van der Waals surface area (Å²) in [5.74, 6) is -1.12. The summed E-state index contributed by atoms with van der Waals surface area (Å²) in [6.45, 7) is 1.41. The molecule has 1 aliphatic carbocycles. The van der Waals surface area contributed by atoms with Crippen LogP contribution in [0.4, 0.5) is 0 Å². The quantitative estimate of drug-likeness (QED) is 0.834. The Hall–Kier alpha value is -2.11. The second kappa shape index (κ2) is 5.69. The molecule has 1 heterocycles. The third-order valence-corrected chi connectivity index (χ3v) is 3.05. The Morgan fingerprint density at radius 1 is 1.53 bits per heavy atom. The average molecular weight is 264 g/mol. The summed E-state index contributed by atoms with van der Waals surface area (Å²) in [7, 11) is 0. The van der Waals surface area contributed by atoms with Crippen molar-refractivity contribution in [2.45, 2.75) is 38.3 Å². The molecule has 0 aromatic carbocycles. The molecule has 0 unspecified atom stereocenters. The van der Waals surface area contributed by atoms with Gasteiger partial charge in [-0.05, 0) is 32.3 Å². The molecule has 1 aromatic rings. The van der Waals surface area contributed by atoms with E-state index in [1.54, 1.807) is 0 Å². The predicted octanol–water partition coefficient (Wildman–Crippen LogP) is 1.22. The van der Waals surface area contributed by atoms with Crippen LogP contribution < -0.4 is 10.1 Å². The molecule has 6 nitrogen and oxygen atoms in total. The van der Waals surface area contributed by atoms with E-state index >= 15 is 0 Å². The van der Waals surface area contributed by atoms with Gasteiger partial charge in [0.25, 0.3) is 5.91 Å². The van der Waals surface area contributed by atoms with Crippen molar-refractivity contribution in [1.82, 2.24) is 10.3 Å². The summed E-state index contributed by atoms with van der Waals surface area (Å²) in [5.41, 5.74) is 0.345. The van der Waals surface area contributed by atoms with Crippen molar-refractivity contribution in [3.8, 4) is 5.88 Å². The molecule has 0 aliphatic heterocycles. The number of hydrogen-bond acceptors (Lipinski definition) is 4. The highest BCUT2D eigenvalue weighted by atomic mass is 16.5. The molecule has 1 fully saturated rings. The van der Waals surface area contributed by atoms with Gasteiger partial charge in [-0.2, -0.15) is 0 Å². The zero-order chi connectivity index (χ0) is 13.8. The summed E-state index contributed by atoms with van der Waals surface area (Å²) in [5, 5.41) is 11.1. The zero-order valence-corrected chi connectivity index (χ0v) is 10.6. The molecule has 0 bridgehead atoms. The van der Waals surface area contributed by atoms with Crippen molar-refractivity contribution in [3.05, 3.63) is 23.9 Å². The van der Waals surface area contributed by atoms with Crippen LogP contribution in [0, 0.1) is 0 Å². The molecule has 6 heteroatoms. The Morgan fingerprint density at radius 2 is 2.26 bits per heavy atom. The molecule has 1 aliphatic rings. The number of nitrogens with one attached hydrogen (secondary N) is 1. The molecule has 19 heavy (non-hydrogen) atoms. The van der Waals surface area contributed by atoms with Crippen LogP contribution in [0.1, 0.15) is 36.5 Å². The van der Waals surface area contributed by atoms with Crippen LogP contribution in [0.15, 0.2) is 18.3 Å². The lowest BCUT2D eigenvalue weighted by molar-refractivity contribution is -0.138. The van der Waals surface area contributed by atoms with Gasteiger partial charge in [-0.3, -0.25) is 9.59 Å². The Labute approximate surface area is 110 Å². The normalized spacial score (nSPS) is 16.3. The van der Waals surface area contributed by atoms with Gasteiger partial charge in [0.05, 0.1) is 0 Å². The van der Waals surface area contributed by atoms with Crippen LogP contribution in [0.3, 0.4) is 0 Å². The highest BCUT2D eigenvalue weighted by molar-refractivity contribution is 5.96. The molecule has 102 valence electrons. The van der Waals surface area contributed by atoms with Gasteiger partial charge in [0.1, 0.15) is 12.1 Å². The summed E-state index contributed by atoms with van der Waals surface area (Å²) < 4.78 is 5.59. The number of hydrogen-bond donors (Lipinski definition) is 2. The number of aromatic nitrogens is 1. The predicted molar refractivity (Wildman–Crippen MR) is 67.1 cm³/mol. The fourth-order valence-corrected chi connectivity index (χ4v) is 1.62.